The summed E-state index contributed by atoms with van der Waals surface area (Å²) in [6.45, 7) is 9.19. The van der Waals surface area contributed by atoms with Crippen LogP contribution in [0.15, 0.2) is 6.07 Å². The van der Waals surface area contributed by atoms with Crippen molar-refractivity contribution in [3.8, 4) is 0 Å². The monoisotopic (exact) mass is 292 g/mol. The third kappa shape index (κ3) is 3.64. The molecule has 1 aromatic heterocycles. The summed E-state index contributed by atoms with van der Waals surface area (Å²) in [5.41, 5.74) is 1.70. The first-order valence-corrected chi connectivity index (χ1v) is 8.10. The molecule has 0 atom stereocenters. The highest BCUT2D eigenvalue weighted by Crippen LogP contribution is 2.19. The Kier molecular flexibility index (Phi) is 5.39. The summed E-state index contributed by atoms with van der Waals surface area (Å²) in [4.78, 5) is 14.9. The first-order chi connectivity index (χ1) is 10.0. The van der Waals surface area contributed by atoms with Crippen LogP contribution in [0, 0.1) is 0 Å². The molecule has 1 aliphatic rings. The lowest BCUT2D eigenvalue weighted by Crippen LogP contribution is -2.46. The van der Waals surface area contributed by atoms with Gasteiger partial charge in [-0.15, -0.1) is 0 Å². The van der Waals surface area contributed by atoms with Crippen LogP contribution >= 0.6 is 0 Å². The zero-order chi connectivity index (χ0) is 15.4. The molecule has 1 aromatic rings. The van der Waals surface area contributed by atoms with Crippen molar-refractivity contribution in [3.63, 3.8) is 0 Å². The molecule has 0 radical (unpaired) electrons. The predicted molar refractivity (Wildman–Crippen MR) is 84.5 cm³/mol. The van der Waals surface area contributed by atoms with Crippen molar-refractivity contribution >= 4 is 5.91 Å². The van der Waals surface area contributed by atoms with Gasteiger partial charge in [-0.25, -0.2) is 0 Å². The van der Waals surface area contributed by atoms with E-state index in [1.807, 2.05) is 22.7 Å². The maximum atomic E-state index is 12.9. The van der Waals surface area contributed by atoms with Gasteiger partial charge in [0.2, 0.25) is 0 Å². The van der Waals surface area contributed by atoms with Gasteiger partial charge >= 0.3 is 0 Å². The first-order valence-electron chi connectivity index (χ1n) is 8.10. The van der Waals surface area contributed by atoms with E-state index in [9.17, 15) is 4.79 Å². The van der Waals surface area contributed by atoms with Crippen LogP contribution in [-0.4, -0.2) is 46.3 Å². The second kappa shape index (κ2) is 7.07. The smallest absolute Gasteiger partial charge is 0.274 e. The highest BCUT2D eigenvalue weighted by molar-refractivity contribution is 5.92. The van der Waals surface area contributed by atoms with Crippen molar-refractivity contribution in [1.82, 2.24) is 20.0 Å². The van der Waals surface area contributed by atoms with Gasteiger partial charge in [-0.05, 0) is 44.3 Å². The minimum absolute atomic E-state index is 0.0891. The quantitative estimate of drug-likeness (QED) is 0.904. The van der Waals surface area contributed by atoms with Crippen molar-refractivity contribution in [2.24, 2.45) is 7.05 Å². The van der Waals surface area contributed by atoms with Gasteiger partial charge in [-0.3, -0.25) is 9.48 Å². The molecule has 0 bridgehead atoms. The largest absolute Gasteiger partial charge is 0.334 e. The number of carbonyl (C=O) groups excluding carboxylic acids is 1. The summed E-state index contributed by atoms with van der Waals surface area (Å²) in [7, 11) is 1.92. The molecule has 0 unspecified atom stereocenters. The van der Waals surface area contributed by atoms with E-state index in [2.05, 4.69) is 31.2 Å². The van der Waals surface area contributed by atoms with Gasteiger partial charge in [-0.1, -0.05) is 20.8 Å². The maximum absolute atomic E-state index is 12.9. The molecule has 118 valence electrons. The van der Waals surface area contributed by atoms with E-state index in [1.54, 1.807) is 0 Å². The van der Waals surface area contributed by atoms with Crippen LogP contribution < -0.4 is 5.32 Å². The van der Waals surface area contributed by atoms with E-state index in [4.69, 9.17) is 0 Å². The molecule has 1 aliphatic heterocycles. The second-order valence-electron chi connectivity index (χ2n) is 6.21. The van der Waals surface area contributed by atoms with Gasteiger partial charge in [0.05, 0.1) is 0 Å². The summed E-state index contributed by atoms with van der Waals surface area (Å²) in [6, 6.07) is 2.31. The molecular formula is C16H28N4O. The Morgan fingerprint density at radius 3 is 2.67 bits per heavy atom. The lowest BCUT2D eigenvalue weighted by molar-refractivity contribution is 0.0636. The molecule has 0 aromatic carbocycles. The van der Waals surface area contributed by atoms with Gasteiger partial charge in [0, 0.05) is 25.3 Å². The molecule has 1 fully saturated rings. The normalized spacial score (nSPS) is 16.4. The van der Waals surface area contributed by atoms with Crippen LogP contribution in [0.25, 0.3) is 0 Å². The van der Waals surface area contributed by atoms with Crippen LogP contribution in [0.2, 0.25) is 0 Å². The molecular weight excluding hydrogens is 264 g/mol. The molecule has 1 N–H and O–H groups in total. The fraction of sp³-hybridized carbons (Fsp3) is 0.750. The van der Waals surface area contributed by atoms with Crippen molar-refractivity contribution in [1.29, 1.82) is 0 Å². The zero-order valence-corrected chi connectivity index (χ0v) is 13.7. The highest BCUT2D eigenvalue weighted by Gasteiger charge is 2.27. The first kappa shape index (κ1) is 16.0. The summed E-state index contributed by atoms with van der Waals surface area (Å²) in [6.07, 6.45) is 3.06. The highest BCUT2D eigenvalue weighted by atomic mass is 16.2. The Balaban J connectivity index is 2.19. The minimum Gasteiger partial charge on any atom is -0.334 e. The summed E-state index contributed by atoms with van der Waals surface area (Å²) in [5.74, 6) is 0.466. The Bertz CT molecular complexity index is 475. The van der Waals surface area contributed by atoms with Crippen molar-refractivity contribution in [2.45, 2.75) is 52.0 Å². The van der Waals surface area contributed by atoms with Crippen LogP contribution in [0.4, 0.5) is 0 Å². The molecule has 1 saturated heterocycles. The van der Waals surface area contributed by atoms with E-state index < -0.39 is 0 Å². The lowest BCUT2D eigenvalue weighted by atomic mass is 10.0. The van der Waals surface area contributed by atoms with Crippen molar-refractivity contribution in [3.05, 3.63) is 17.5 Å². The van der Waals surface area contributed by atoms with E-state index in [1.165, 1.54) is 0 Å². The molecule has 5 heteroatoms. The molecule has 21 heavy (non-hydrogen) atoms. The molecule has 5 nitrogen and oxygen atoms in total. The van der Waals surface area contributed by atoms with Crippen molar-refractivity contribution in [2.75, 3.05) is 19.6 Å². The number of amides is 1. The van der Waals surface area contributed by atoms with Crippen LogP contribution in [0.5, 0.6) is 0 Å². The predicted octanol–water partition coefficient (Wildman–Crippen LogP) is 2.15. The number of rotatable bonds is 5. The minimum atomic E-state index is 0.0891. The summed E-state index contributed by atoms with van der Waals surface area (Å²) < 4.78 is 1.84. The fourth-order valence-corrected chi connectivity index (χ4v) is 3.08. The third-order valence-electron chi connectivity index (χ3n) is 4.20. The Morgan fingerprint density at radius 2 is 2.14 bits per heavy atom. The van der Waals surface area contributed by atoms with Crippen LogP contribution in [-0.2, 0) is 7.05 Å². The molecule has 1 amide bonds. The van der Waals surface area contributed by atoms with Gasteiger partial charge in [0.1, 0.15) is 0 Å². The lowest BCUT2D eigenvalue weighted by Gasteiger charge is -2.34. The van der Waals surface area contributed by atoms with E-state index >= 15 is 0 Å². The van der Waals surface area contributed by atoms with Crippen LogP contribution in [0.1, 0.15) is 62.1 Å². The molecule has 0 spiro atoms. The Labute approximate surface area is 127 Å². The Hall–Kier alpha value is -1.36. The molecule has 0 aliphatic carbocycles. The summed E-state index contributed by atoms with van der Waals surface area (Å²) >= 11 is 0. The average molecular weight is 292 g/mol. The molecule has 0 saturated carbocycles. The summed E-state index contributed by atoms with van der Waals surface area (Å²) in [5, 5.41) is 7.80. The number of carbonyl (C=O) groups is 1. The number of aryl methyl sites for hydroxylation is 1. The Morgan fingerprint density at radius 1 is 1.48 bits per heavy atom. The molecule has 2 heterocycles. The number of hydrogen-bond acceptors (Lipinski definition) is 3. The van der Waals surface area contributed by atoms with Gasteiger partial charge in [0.25, 0.3) is 5.91 Å². The van der Waals surface area contributed by atoms with Gasteiger partial charge < -0.3 is 10.2 Å². The number of aromatic nitrogens is 2. The van der Waals surface area contributed by atoms with E-state index in [0.29, 0.717) is 17.7 Å². The standard InChI is InChI=1S/C16H28N4O/c1-5-10-20(13-6-8-17-9-7-13)16(21)14-11-15(12(2)3)19(4)18-14/h11-13,17H,5-10H2,1-4H3. The fourth-order valence-electron chi connectivity index (χ4n) is 3.08. The number of piperidine rings is 1. The van der Waals surface area contributed by atoms with Gasteiger partial charge in [-0.2, -0.15) is 5.10 Å². The zero-order valence-electron chi connectivity index (χ0n) is 13.7. The number of nitrogens with one attached hydrogen (secondary N) is 1. The van der Waals surface area contributed by atoms with Crippen LogP contribution in [0.3, 0.4) is 0 Å². The van der Waals surface area contributed by atoms with E-state index in [0.717, 1.165) is 44.6 Å². The topological polar surface area (TPSA) is 50.2 Å². The SMILES string of the molecule is CCCN(C(=O)c1cc(C(C)C)n(C)n1)C1CCNCC1. The maximum Gasteiger partial charge on any atom is 0.274 e. The molecule has 2 rings (SSSR count). The van der Waals surface area contributed by atoms with Gasteiger partial charge in [0.15, 0.2) is 5.69 Å². The van der Waals surface area contributed by atoms with Crippen molar-refractivity contribution < 1.29 is 4.79 Å². The average Bonchev–Trinajstić information content (AvgIpc) is 2.87. The second-order valence-corrected chi connectivity index (χ2v) is 6.21. The number of hydrogen-bond donors (Lipinski definition) is 1. The van der Waals surface area contributed by atoms with E-state index in [-0.39, 0.29) is 5.91 Å². The number of nitrogens with zero attached hydrogens (tertiary/aromatic N) is 3. The third-order valence-corrected chi connectivity index (χ3v) is 4.20.